The summed E-state index contributed by atoms with van der Waals surface area (Å²) in [6, 6.07) is 15.1. The third-order valence-electron chi connectivity index (χ3n) is 4.23. The molecular weight excluding hydrogens is 414 g/mol. The second-order valence-corrected chi connectivity index (χ2v) is 6.69. The highest BCUT2D eigenvalue weighted by molar-refractivity contribution is 6.30. The van der Waals surface area contributed by atoms with Gasteiger partial charge < -0.3 is 14.8 Å². The average Bonchev–Trinajstić information content (AvgIpc) is 3.23. The molecule has 2 atom stereocenters. The lowest BCUT2D eigenvalue weighted by Crippen LogP contribution is -2.38. The lowest BCUT2D eigenvalue weighted by atomic mass is 9.95. The Labute approximate surface area is 176 Å². The molecule has 0 aliphatic carbocycles. The van der Waals surface area contributed by atoms with Crippen molar-refractivity contribution in [2.45, 2.75) is 25.7 Å². The number of hydrogen-bond acceptors (Lipinski definition) is 7. The van der Waals surface area contributed by atoms with E-state index in [2.05, 4.69) is 15.2 Å². The molecule has 3 aromatic rings. The van der Waals surface area contributed by atoms with Gasteiger partial charge >= 0.3 is 0 Å². The van der Waals surface area contributed by atoms with Gasteiger partial charge in [0.15, 0.2) is 0 Å². The van der Waals surface area contributed by atoms with E-state index < -0.39 is 5.09 Å². The van der Waals surface area contributed by atoms with Crippen molar-refractivity contribution in [3.05, 3.63) is 87.4 Å². The van der Waals surface area contributed by atoms with Gasteiger partial charge in [-0.2, -0.15) is 5.10 Å². The second kappa shape index (κ2) is 9.70. The highest BCUT2D eigenvalue weighted by Crippen LogP contribution is 2.33. The first-order valence-electron chi connectivity index (χ1n) is 8.83. The van der Waals surface area contributed by atoms with Gasteiger partial charge in [-0.3, -0.25) is 0 Å². The van der Waals surface area contributed by atoms with E-state index in [4.69, 9.17) is 36.5 Å². The number of para-hydroxylation sites is 1. The van der Waals surface area contributed by atoms with Gasteiger partial charge in [0.25, 0.3) is 5.09 Å². The molecule has 2 aromatic carbocycles. The van der Waals surface area contributed by atoms with Crippen molar-refractivity contribution in [3.8, 4) is 5.75 Å². The summed E-state index contributed by atoms with van der Waals surface area (Å²) in [5, 5.41) is 23.0. The average molecular weight is 432 g/mol. The van der Waals surface area contributed by atoms with E-state index in [0.717, 1.165) is 22.6 Å². The maximum Gasteiger partial charge on any atom is 0.291 e. The Balaban J connectivity index is 0.000000589. The second-order valence-electron chi connectivity index (χ2n) is 6.25. The highest BCUT2D eigenvalue weighted by atomic mass is 35.5. The van der Waals surface area contributed by atoms with Crippen LogP contribution in [0, 0.1) is 10.1 Å². The summed E-state index contributed by atoms with van der Waals surface area (Å²) >= 11 is 5.92. The fourth-order valence-corrected chi connectivity index (χ4v) is 3.11. The predicted octanol–water partition coefficient (Wildman–Crippen LogP) is 3.53. The Morgan fingerprint density at radius 3 is 2.67 bits per heavy atom. The molecule has 11 heteroatoms. The van der Waals surface area contributed by atoms with Crippen LogP contribution in [-0.2, 0) is 11.4 Å². The van der Waals surface area contributed by atoms with Crippen LogP contribution in [0.15, 0.2) is 66.3 Å². The van der Waals surface area contributed by atoms with E-state index >= 15 is 0 Å². The summed E-state index contributed by atoms with van der Waals surface area (Å²) in [5.74, 6) is 0.783. The molecule has 0 saturated heterocycles. The van der Waals surface area contributed by atoms with Gasteiger partial charge in [0.2, 0.25) is 0 Å². The Hall–Kier alpha value is -3.66. The van der Waals surface area contributed by atoms with E-state index in [9.17, 15) is 0 Å². The topological polar surface area (TPSA) is 125 Å². The van der Waals surface area contributed by atoms with Crippen molar-refractivity contribution in [2.75, 3.05) is 0 Å². The number of fused-ring (bicyclic) bond motifs is 1. The molecular formula is C19H18ClN5O5. The van der Waals surface area contributed by atoms with Crippen LogP contribution in [0.4, 0.5) is 0 Å². The Bertz CT molecular complexity index is 1010. The largest absolute Gasteiger partial charge is 0.487 e. The standard InChI is InChI=1S/C19H17ClN4O2.HNO3/c1-13-19(24-12-21-11-22-24)18(16-4-2-3-5-17(16)26-13)23-25-10-14-6-8-15(20)9-7-14;2-1(3)4/h2-9,11-13,19H,10H2,1H3;(H,2,3,4)/b23-18+;/t13-,19-;/m0./s1. The minimum Gasteiger partial charge on any atom is -0.487 e. The Kier molecular flexibility index (Phi) is 6.81. The molecule has 1 aromatic heterocycles. The molecule has 0 bridgehead atoms. The Morgan fingerprint density at radius 1 is 1.30 bits per heavy atom. The lowest BCUT2D eigenvalue weighted by molar-refractivity contribution is -0.742. The van der Waals surface area contributed by atoms with E-state index in [1.54, 1.807) is 11.0 Å². The quantitative estimate of drug-likeness (QED) is 0.494. The van der Waals surface area contributed by atoms with Gasteiger partial charge in [-0.1, -0.05) is 41.0 Å². The number of ether oxygens (including phenoxy) is 1. The van der Waals surface area contributed by atoms with E-state index in [-0.39, 0.29) is 12.1 Å². The fourth-order valence-electron chi connectivity index (χ4n) is 2.99. The van der Waals surface area contributed by atoms with E-state index in [1.165, 1.54) is 6.33 Å². The molecule has 0 unspecified atom stereocenters. The Morgan fingerprint density at radius 2 is 2.00 bits per heavy atom. The third kappa shape index (κ3) is 5.23. The summed E-state index contributed by atoms with van der Waals surface area (Å²) in [4.78, 5) is 18.1. The zero-order chi connectivity index (χ0) is 21.5. The van der Waals surface area contributed by atoms with Crippen LogP contribution in [0.5, 0.6) is 5.75 Å². The monoisotopic (exact) mass is 431 g/mol. The zero-order valence-electron chi connectivity index (χ0n) is 15.8. The summed E-state index contributed by atoms with van der Waals surface area (Å²) < 4.78 is 7.78. The highest BCUT2D eigenvalue weighted by Gasteiger charge is 2.35. The minimum atomic E-state index is -1.50. The van der Waals surface area contributed by atoms with Crippen LogP contribution in [0.25, 0.3) is 0 Å². The molecule has 156 valence electrons. The summed E-state index contributed by atoms with van der Waals surface area (Å²) in [7, 11) is 0. The van der Waals surface area contributed by atoms with Gasteiger partial charge in [0.05, 0.1) is 0 Å². The molecule has 4 rings (SSSR count). The molecule has 0 saturated carbocycles. The van der Waals surface area contributed by atoms with Crippen LogP contribution < -0.4 is 4.74 Å². The summed E-state index contributed by atoms with van der Waals surface area (Å²) in [6.07, 6.45) is 3.00. The molecule has 10 nitrogen and oxygen atoms in total. The van der Waals surface area contributed by atoms with Gasteiger partial charge in [0, 0.05) is 10.6 Å². The first-order valence-corrected chi connectivity index (χ1v) is 9.21. The maximum absolute atomic E-state index is 8.36. The first kappa shape index (κ1) is 21.1. The lowest BCUT2D eigenvalue weighted by Gasteiger charge is -2.32. The minimum absolute atomic E-state index is 0.163. The van der Waals surface area contributed by atoms with Gasteiger partial charge in [-0.05, 0) is 36.8 Å². The summed E-state index contributed by atoms with van der Waals surface area (Å²) in [5.41, 5.74) is 2.64. The van der Waals surface area contributed by atoms with Crippen molar-refractivity contribution in [1.82, 2.24) is 14.8 Å². The molecule has 1 aliphatic heterocycles. The van der Waals surface area contributed by atoms with E-state index in [0.29, 0.717) is 11.6 Å². The van der Waals surface area contributed by atoms with Crippen molar-refractivity contribution < 1.29 is 19.9 Å². The number of nitrogens with zero attached hydrogens (tertiary/aromatic N) is 5. The van der Waals surface area contributed by atoms with Gasteiger partial charge in [0.1, 0.15) is 42.9 Å². The van der Waals surface area contributed by atoms with Crippen molar-refractivity contribution >= 4 is 17.3 Å². The van der Waals surface area contributed by atoms with Crippen LogP contribution in [0.3, 0.4) is 0 Å². The first-order chi connectivity index (χ1) is 14.5. The predicted molar refractivity (Wildman–Crippen MR) is 107 cm³/mol. The number of rotatable bonds is 4. The molecule has 1 aliphatic rings. The van der Waals surface area contributed by atoms with Crippen LogP contribution in [0.2, 0.25) is 5.02 Å². The molecule has 0 amide bonds. The molecule has 0 fully saturated rings. The van der Waals surface area contributed by atoms with E-state index in [1.807, 2.05) is 55.5 Å². The van der Waals surface area contributed by atoms with Crippen LogP contribution >= 0.6 is 11.6 Å². The fraction of sp³-hybridized carbons (Fsp3) is 0.211. The summed E-state index contributed by atoms with van der Waals surface area (Å²) in [6.45, 7) is 2.33. The van der Waals surface area contributed by atoms with Crippen molar-refractivity contribution in [2.24, 2.45) is 5.16 Å². The third-order valence-corrected chi connectivity index (χ3v) is 4.48. The zero-order valence-corrected chi connectivity index (χ0v) is 16.6. The van der Waals surface area contributed by atoms with Crippen LogP contribution in [-0.4, -0.2) is 36.9 Å². The van der Waals surface area contributed by atoms with Gasteiger partial charge in [-0.15, -0.1) is 10.1 Å². The smallest absolute Gasteiger partial charge is 0.291 e. The normalized spacial score (nSPS) is 18.5. The number of hydrogen-bond donors (Lipinski definition) is 1. The SMILES string of the molecule is C[C@@H]1Oc2ccccc2/C(=N\OCc2ccc(Cl)cc2)[C@H]1n1cncn1.O=[N+]([O-])O. The maximum atomic E-state index is 8.36. The number of oxime groups is 1. The molecule has 30 heavy (non-hydrogen) atoms. The molecule has 0 radical (unpaired) electrons. The molecule has 0 spiro atoms. The van der Waals surface area contributed by atoms with Crippen LogP contribution in [0.1, 0.15) is 24.1 Å². The van der Waals surface area contributed by atoms with Crippen molar-refractivity contribution in [3.63, 3.8) is 0 Å². The van der Waals surface area contributed by atoms with Crippen molar-refractivity contribution in [1.29, 1.82) is 0 Å². The number of aromatic nitrogens is 3. The molecule has 2 heterocycles. The number of halogens is 1. The molecule has 1 N–H and O–H groups in total. The van der Waals surface area contributed by atoms with Gasteiger partial charge in [-0.25, -0.2) is 9.67 Å². The number of benzene rings is 2.